The summed E-state index contributed by atoms with van der Waals surface area (Å²) < 4.78 is 10.8. The van der Waals surface area contributed by atoms with Crippen LogP contribution in [-0.2, 0) is 7.05 Å². The summed E-state index contributed by atoms with van der Waals surface area (Å²) in [6.07, 6.45) is 7.07. The monoisotopic (exact) mass is 472 g/mol. The predicted molar refractivity (Wildman–Crippen MR) is 137 cm³/mol. The van der Waals surface area contributed by atoms with Gasteiger partial charge in [0.25, 0.3) is 11.5 Å². The van der Waals surface area contributed by atoms with Crippen LogP contribution < -0.4 is 10.9 Å². The van der Waals surface area contributed by atoms with E-state index in [2.05, 4.69) is 16.9 Å². The maximum Gasteiger partial charge on any atom is 0.296 e. The number of hydrogen-bond acceptors (Lipinski definition) is 5. The minimum Gasteiger partial charge on any atom is -0.501 e. The number of carbonyl (C=O) groups is 1. The van der Waals surface area contributed by atoms with E-state index in [1.54, 1.807) is 12.2 Å². The SMILES string of the molecule is C=C/C=C\C=C(/C)CNC(=O)c1nc(C(c2ccccc2)N(C)C)n(C)c(=O)c1O.CC.CF. The number of halogens is 1. The maximum absolute atomic E-state index is 12.7. The molecule has 0 bridgehead atoms. The van der Waals surface area contributed by atoms with Gasteiger partial charge in [-0.3, -0.25) is 23.4 Å². The zero-order valence-electron chi connectivity index (χ0n) is 21.2. The van der Waals surface area contributed by atoms with Crippen LogP contribution in [0.4, 0.5) is 4.39 Å². The summed E-state index contributed by atoms with van der Waals surface area (Å²) >= 11 is 0. The Kier molecular flexibility index (Phi) is 14.5. The van der Waals surface area contributed by atoms with Crippen LogP contribution in [0.25, 0.3) is 0 Å². The van der Waals surface area contributed by atoms with Gasteiger partial charge in [0.15, 0.2) is 5.69 Å². The zero-order valence-corrected chi connectivity index (χ0v) is 21.2. The number of benzene rings is 1. The highest BCUT2D eigenvalue weighted by atomic mass is 19.1. The molecule has 0 spiro atoms. The Bertz CT molecular complexity index is 1030. The van der Waals surface area contributed by atoms with Gasteiger partial charge in [0, 0.05) is 13.6 Å². The van der Waals surface area contributed by atoms with Crippen LogP contribution >= 0.6 is 0 Å². The van der Waals surface area contributed by atoms with E-state index in [4.69, 9.17) is 0 Å². The van der Waals surface area contributed by atoms with Gasteiger partial charge in [0.1, 0.15) is 5.82 Å². The second-order valence-electron chi connectivity index (χ2n) is 7.12. The Hall–Kier alpha value is -3.52. The fourth-order valence-corrected chi connectivity index (χ4v) is 2.98. The second kappa shape index (κ2) is 16.1. The highest BCUT2D eigenvalue weighted by molar-refractivity contribution is 5.94. The molecule has 7 nitrogen and oxygen atoms in total. The second-order valence-corrected chi connectivity index (χ2v) is 7.12. The molecule has 0 aliphatic carbocycles. The number of allylic oxidation sites excluding steroid dienone is 4. The number of aromatic nitrogens is 2. The van der Waals surface area contributed by atoms with Gasteiger partial charge >= 0.3 is 0 Å². The molecule has 0 fully saturated rings. The lowest BCUT2D eigenvalue weighted by atomic mass is 10.0. The largest absolute Gasteiger partial charge is 0.501 e. The molecule has 1 aromatic carbocycles. The number of rotatable bonds is 8. The van der Waals surface area contributed by atoms with Crippen LogP contribution in [0.1, 0.15) is 48.7 Å². The third kappa shape index (κ3) is 8.44. The Balaban J connectivity index is 0.00000258. The van der Waals surface area contributed by atoms with Gasteiger partial charge in [0.05, 0.1) is 13.2 Å². The Morgan fingerprint density at radius 2 is 1.82 bits per heavy atom. The highest BCUT2D eigenvalue weighted by Crippen LogP contribution is 2.25. The number of alkyl halides is 1. The molecular weight excluding hydrogens is 435 g/mol. The van der Waals surface area contributed by atoms with Gasteiger partial charge in [-0.1, -0.05) is 80.6 Å². The van der Waals surface area contributed by atoms with Gasteiger partial charge in [-0.05, 0) is 26.6 Å². The van der Waals surface area contributed by atoms with E-state index in [-0.39, 0.29) is 18.3 Å². The van der Waals surface area contributed by atoms with Crippen molar-refractivity contribution in [2.45, 2.75) is 26.8 Å². The van der Waals surface area contributed by atoms with Crippen molar-refractivity contribution in [1.82, 2.24) is 19.8 Å². The summed E-state index contributed by atoms with van der Waals surface area (Å²) in [6, 6.07) is 9.17. The van der Waals surface area contributed by atoms with Crippen molar-refractivity contribution in [2.75, 3.05) is 27.8 Å². The fraction of sp³-hybridized carbons (Fsp3) is 0.346. The Morgan fingerprint density at radius 1 is 1.24 bits per heavy atom. The normalized spacial score (nSPS) is 11.7. The molecule has 0 radical (unpaired) electrons. The third-order valence-corrected chi connectivity index (χ3v) is 4.55. The third-order valence-electron chi connectivity index (χ3n) is 4.55. The van der Waals surface area contributed by atoms with Crippen molar-refractivity contribution in [3.63, 3.8) is 0 Å². The number of nitrogens with one attached hydrogen (secondary N) is 1. The summed E-state index contributed by atoms with van der Waals surface area (Å²) in [7, 11) is 5.76. The van der Waals surface area contributed by atoms with Crippen LogP contribution in [0.5, 0.6) is 5.75 Å². The average molecular weight is 473 g/mol. The maximum atomic E-state index is 12.7. The predicted octanol–water partition coefficient (Wildman–Crippen LogP) is 4.17. The summed E-state index contributed by atoms with van der Waals surface area (Å²) in [5.74, 6) is -0.921. The quantitative estimate of drug-likeness (QED) is 0.563. The number of aromatic hydroxyl groups is 1. The number of amides is 1. The van der Waals surface area contributed by atoms with E-state index in [0.29, 0.717) is 13.0 Å². The minimum atomic E-state index is -0.672. The number of hydrogen-bond donors (Lipinski definition) is 2. The topological polar surface area (TPSA) is 87.5 Å². The van der Waals surface area contributed by atoms with Crippen LogP contribution in [0, 0.1) is 0 Å². The fourth-order valence-electron chi connectivity index (χ4n) is 2.98. The van der Waals surface area contributed by atoms with E-state index in [9.17, 15) is 19.1 Å². The summed E-state index contributed by atoms with van der Waals surface area (Å²) in [6.45, 7) is 9.70. The molecule has 2 rings (SSSR count). The lowest BCUT2D eigenvalue weighted by molar-refractivity contribution is 0.0947. The molecule has 0 aliphatic heterocycles. The van der Waals surface area contributed by atoms with Crippen molar-refractivity contribution < 1.29 is 14.3 Å². The van der Waals surface area contributed by atoms with Crippen LogP contribution in [0.3, 0.4) is 0 Å². The van der Waals surface area contributed by atoms with Crippen molar-refractivity contribution >= 4 is 5.91 Å². The van der Waals surface area contributed by atoms with Crippen molar-refractivity contribution in [3.8, 4) is 5.75 Å². The van der Waals surface area contributed by atoms with E-state index in [0.717, 1.165) is 11.1 Å². The standard InChI is InChI=1S/C23H28N4O3.C2H6.CH3F/c1-6-7-9-12-16(2)15-24-22(29)18-20(28)23(30)27(5)21(25-18)19(26(3)4)17-13-10-8-11-14-17;2*1-2/h6-14,19,28H,1,15H2,2-5H3,(H,24,29);1-2H3;1H3/b9-7-,16-12+;;. The molecule has 186 valence electrons. The summed E-state index contributed by atoms with van der Waals surface area (Å²) in [4.78, 5) is 31.6. The molecule has 2 aromatic rings. The highest BCUT2D eigenvalue weighted by Gasteiger charge is 2.26. The van der Waals surface area contributed by atoms with Gasteiger partial charge in [-0.25, -0.2) is 4.98 Å². The van der Waals surface area contributed by atoms with Crippen LogP contribution in [-0.4, -0.2) is 53.3 Å². The first-order valence-electron chi connectivity index (χ1n) is 10.9. The van der Waals surface area contributed by atoms with Gasteiger partial charge in [-0.15, -0.1) is 0 Å². The molecule has 1 unspecified atom stereocenters. The Labute approximate surface area is 202 Å². The van der Waals surface area contributed by atoms with E-state index < -0.39 is 17.2 Å². The molecule has 0 saturated heterocycles. The molecule has 34 heavy (non-hydrogen) atoms. The summed E-state index contributed by atoms with van der Waals surface area (Å²) in [5.41, 5.74) is 0.842. The molecule has 8 heteroatoms. The smallest absolute Gasteiger partial charge is 0.296 e. The molecule has 1 amide bonds. The van der Waals surface area contributed by atoms with Crippen molar-refractivity contribution in [2.24, 2.45) is 7.05 Å². The van der Waals surface area contributed by atoms with Crippen molar-refractivity contribution in [1.29, 1.82) is 0 Å². The van der Waals surface area contributed by atoms with Crippen LogP contribution in [0.2, 0.25) is 0 Å². The summed E-state index contributed by atoms with van der Waals surface area (Å²) in [5, 5.41) is 13.0. The van der Waals surface area contributed by atoms with E-state index >= 15 is 0 Å². The molecule has 1 heterocycles. The first kappa shape index (κ1) is 30.5. The van der Waals surface area contributed by atoms with E-state index in [1.165, 1.54) is 11.6 Å². The first-order valence-corrected chi connectivity index (χ1v) is 10.9. The number of carbonyl (C=O) groups excluding carboxylic acids is 1. The van der Waals surface area contributed by atoms with Gasteiger partial charge in [0.2, 0.25) is 5.75 Å². The lowest BCUT2D eigenvalue weighted by Crippen LogP contribution is -2.34. The lowest BCUT2D eigenvalue weighted by Gasteiger charge is -2.26. The molecular formula is C26H37FN4O3. The first-order chi connectivity index (χ1) is 16.3. The minimum absolute atomic E-state index is 0.252. The molecule has 1 aromatic heterocycles. The van der Waals surface area contributed by atoms with Crippen molar-refractivity contribution in [3.05, 3.63) is 94.2 Å². The van der Waals surface area contributed by atoms with Crippen LogP contribution in [0.15, 0.2) is 71.6 Å². The van der Waals surface area contributed by atoms with Gasteiger partial charge in [-0.2, -0.15) is 0 Å². The average Bonchev–Trinajstić information content (AvgIpc) is 2.86. The van der Waals surface area contributed by atoms with E-state index in [1.807, 2.05) is 82.3 Å². The van der Waals surface area contributed by atoms with Gasteiger partial charge < -0.3 is 10.4 Å². The molecule has 1 atom stereocenters. The molecule has 0 aliphatic rings. The molecule has 0 saturated carbocycles. The molecule has 2 N–H and O–H groups in total. The zero-order chi connectivity index (χ0) is 26.3. The Morgan fingerprint density at radius 3 is 2.35 bits per heavy atom. The number of nitrogens with zero attached hydrogens (tertiary/aromatic N) is 3.